The van der Waals surface area contributed by atoms with Crippen molar-refractivity contribution in [1.29, 1.82) is 0 Å². The molecule has 0 aromatic rings. The van der Waals surface area contributed by atoms with Gasteiger partial charge in [-0.15, -0.1) is 0 Å². The maximum Gasteiger partial charge on any atom is 0.306 e. The van der Waals surface area contributed by atoms with Crippen LogP contribution in [0.3, 0.4) is 0 Å². The maximum atomic E-state index is 12.8. The van der Waals surface area contributed by atoms with Gasteiger partial charge in [-0.1, -0.05) is 187 Å². The number of hydrogen-bond acceptors (Lipinski definition) is 9. The van der Waals surface area contributed by atoms with Gasteiger partial charge in [0, 0.05) is 13.0 Å². The normalized spacial score (nSPS) is 20.2. The molecule has 1 rings (SSSR count). The van der Waals surface area contributed by atoms with Crippen LogP contribution < -0.4 is 0 Å². The summed E-state index contributed by atoms with van der Waals surface area (Å²) in [5, 5.41) is 40.3. The van der Waals surface area contributed by atoms with E-state index in [4.69, 9.17) is 18.9 Å². The second-order valence-corrected chi connectivity index (χ2v) is 17.2. The molecule has 376 valence electrons. The molecule has 1 heterocycles. The fraction of sp³-hybridized carbons (Fsp3) is 0.667. The Labute approximate surface area is 402 Å². The van der Waals surface area contributed by atoms with Gasteiger partial charge >= 0.3 is 5.97 Å². The Morgan fingerprint density at radius 2 is 0.879 bits per heavy atom. The van der Waals surface area contributed by atoms with Crippen LogP contribution in [0, 0.1) is 0 Å². The molecule has 4 N–H and O–H groups in total. The van der Waals surface area contributed by atoms with E-state index in [0.29, 0.717) is 6.61 Å². The first kappa shape index (κ1) is 60.9. The van der Waals surface area contributed by atoms with E-state index in [-0.39, 0.29) is 25.6 Å². The lowest BCUT2D eigenvalue weighted by Crippen LogP contribution is -2.59. The van der Waals surface area contributed by atoms with Crippen molar-refractivity contribution in [2.75, 3.05) is 26.4 Å². The molecule has 0 aromatic carbocycles. The van der Waals surface area contributed by atoms with E-state index < -0.39 is 43.4 Å². The monoisotopic (exact) mass is 923 g/mol. The highest BCUT2D eigenvalue weighted by Gasteiger charge is 2.44. The molecular formula is C57H94O9. The minimum absolute atomic E-state index is 0.124. The second kappa shape index (κ2) is 46.9. The van der Waals surface area contributed by atoms with Crippen LogP contribution in [0.15, 0.2) is 109 Å². The zero-order valence-corrected chi connectivity index (χ0v) is 41.4. The number of rotatable bonds is 43. The van der Waals surface area contributed by atoms with Crippen molar-refractivity contribution in [3.8, 4) is 0 Å². The van der Waals surface area contributed by atoms with E-state index in [1.807, 2.05) is 0 Å². The zero-order chi connectivity index (χ0) is 47.8. The van der Waals surface area contributed by atoms with Gasteiger partial charge in [0.25, 0.3) is 0 Å². The molecule has 1 aliphatic rings. The van der Waals surface area contributed by atoms with Gasteiger partial charge in [-0.25, -0.2) is 0 Å². The van der Waals surface area contributed by atoms with Crippen LogP contribution in [0.4, 0.5) is 0 Å². The number of carbonyl (C=O) groups excluding carboxylic acids is 1. The van der Waals surface area contributed by atoms with Crippen LogP contribution in [0.1, 0.15) is 181 Å². The fourth-order valence-electron chi connectivity index (χ4n) is 7.21. The number of esters is 1. The molecule has 1 fully saturated rings. The van der Waals surface area contributed by atoms with Crippen LogP contribution in [0.25, 0.3) is 0 Å². The number of aliphatic hydroxyl groups is 4. The highest BCUT2D eigenvalue weighted by Crippen LogP contribution is 2.22. The van der Waals surface area contributed by atoms with Crippen molar-refractivity contribution in [2.45, 2.75) is 218 Å². The average Bonchev–Trinajstić information content (AvgIpc) is 3.32. The lowest BCUT2D eigenvalue weighted by molar-refractivity contribution is -0.305. The van der Waals surface area contributed by atoms with Crippen LogP contribution in [0.5, 0.6) is 0 Å². The predicted octanol–water partition coefficient (Wildman–Crippen LogP) is 12.9. The van der Waals surface area contributed by atoms with Crippen molar-refractivity contribution in [3.63, 3.8) is 0 Å². The summed E-state index contributed by atoms with van der Waals surface area (Å²) in [4.78, 5) is 12.8. The van der Waals surface area contributed by atoms with E-state index >= 15 is 0 Å². The van der Waals surface area contributed by atoms with Crippen LogP contribution in [-0.2, 0) is 23.7 Å². The zero-order valence-electron chi connectivity index (χ0n) is 41.4. The summed E-state index contributed by atoms with van der Waals surface area (Å²) in [6, 6.07) is 0. The number of ether oxygens (including phenoxy) is 4. The number of unbranched alkanes of at least 4 members (excludes halogenated alkanes) is 14. The molecule has 0 bridgehead atoms. The molecule has 6 unspecified atom stereocenters. The first-order chi connectivity index (χ1) is 32.4. The molecule has 0 amide bonds. The molecule has 1 saturated heterocycles. The highest BCUT2D eigenvalue weighted by atomic mass is 16.7. The summed E-state index contributed by atoms with van der Waals surface area (Å²) in [5.41, 5.74) is 0. The lowest BCUT2D eigenvalue weighted by atomic mass is 9.99. The Morgan fingerprint density at radius 3 is 1.32 bits per heavy atom. The predicted molar refractivity (Wildman–Crippen MR) is 274 cm³/mol. The first-order valence-corrected chi connectivity index (χ1v) is 26.0. The van der Waals surface area contributed by atoms with Gasteiger partial charge in [0.2, 0.25) is 0 Å². The Morgan fingerprint density at radius 1 is 0.485 bits per heavy atom. The second-order valence-electron chi connectivity index (χ2n) is 17.2. The number of hydrogen-bond donors (Lipinski definition) is 4. The van der Waals surface area contributed by atoms with E-state index in [9.17, 15) is 25.2 Å². The summed E-state index contributed by atoms with van der Waals surface area (Å²) in [6.45, 7) is 4.27. The maximum absolute atomic E-state index is 12.8. The largest absolute Gasteiger partial charge is 0.457 e. The standard InChI is InChI=1S/C57H94O9/c1-3-5-7-9-11-13-15-17-19-21-22-23-24-25-26-27-28-29-31-33-35-37-39-41-43-45-47-63-49-51(50-64-57-56(62)55(61)54(60)52(48-58)66-57)65-53(59)46-44-42-40-38-36-34-32-30-20-18-16-14-12-10-8-6-4-2/h5-8,11-14,17-20,22-23,25-26,32,34,51-52,54-58,60-62H,3-4,9-10,15-16,21,24,27-31,33,35-50H2,1-2H3/b7-5-,8-6-,13-11-,14-12-,19-17-,20-18-,23-22-,26-25-,34-32-. The molecule has 1 aliphatic heterocycles. The summed E-state index contributed by atoms with van der Waals surface area (Å²) < 4.78 is 22.9. The topological polar surface area (TPSA) is 135 Å². The van der Waals surface area contributed by atoms with E-state index in [1.165, 1.54) is 51.4 Å². The molecular weight excluding hydrogens is 829 g/mol. The van der Waals surface area contributed by atoms with Crippen molar-refractivity contribution in [3.05, 3.63) is 109 Å². The number of allylic oxidation sites excluding steroid dienone is 18. The Hall–Kier alpha value is -3.15. The molecule has 9 nitrogen and oxygen atoms in total. The molecule has 0 spiro atoms. The molecule has 6 atom stereocenters. The van der Waals surface area contributed by atoms with Crippen LogP contribution in [-0.4, -0.2) is 89.6 Å². The molecule has 0 saturated carbocycles. The summed E-state index contributed by atoms with van der Waals surface area (Å²) in [6.07, 6.45) is 59.8. The van der Waals surface area contributed by atoms with Gasteiger partial charge in [0.05, 0.1) is 19.8 Å². The number of carbonyl (C=O) groups is 1. The van der Waals surface area contributed by atoms with Crippen molar-refractivity contribution >= 4 is 5.97 Å². The van der Waals surface area contributed by atoms with Crippen LogP contribution >= 0.6 is 0 Å². The molecule has 9 heteroatoms. The van der Waals surface area contributed by atoms with Crippen molar-refractivity contribution < 1.29 is 44.2 Å². The minimum Gasteiger partial charge on any atom is -0.457 e. The molecule has 0 radical (unpaired) electrons. The smallest absolute Gasteiger partial charge is 0.306 e. The van der Waals surface area contributed by atoms with E-state index in [2.05, 4.69) is 123 Å². The summed E-state index contributed by atoms with van der Waals surface area (Å²) in [7, 11) is 0. The third kappa shape index (κ3) is 36.9. The van der Waals surface area contributed by atoms with Crippen molar-refractivity contribution in [1.82, 2.24) is 0 Å². The van der Waals surface area contributed by atoms with Gasteiger partial charge in [-0.3, -0.25) is 4.79 Å². The van der Waals surface area contributed by atoms with E-state index in [0.717, 1.165) is 109 Å². The Bertz CT molecular complexity index is 1370. The third-order valence-corrected chi connectivity index (χ3v) is 11.2. The van der Waals surface area contributed by atoms with Gasteiger partial charge in [-0.2, -0.15) is 0 Å². The number of aliphatic hydroxyl groups excluding tert-OH is 4. The van der Waals surface area contributed by atoms with Gasteiger partial charge < -0.3 is 39.4 Å². The lowest BCUT2D eigenvalue weighted by Gasteiger charge is -2.39. The molecule has 66 heavy (non-hydrogen) atoms. The minimum atomic E-state index is -1.55. The molecule has 0 aliphatic carbocycles. The SMILES string of the molecule is CC/C=C\C/C=C\C/C=C\C/C=C\C/C=C\CCCCCCCCCCCCOCC(COC1OC(CO)C(O)C(O)C1O)OC(=O)CCCCCC/C=C\C/C=C\C/C=C\C/C=C\CC. The Balaban J connectivity index is 2.21. The fourth-order valence-corrected chi connectivity index (χ4v) is 7.21. The Kier molecular flexibility index (Phi) is 43.3. The van der Waals surface area contributed by atoms with Gasteiger partial charge in [0.1, 0.15) is 30.5 Å². The third-order valence-electron chi connectivity index (χ3n) is 11.2. The summed E-state index contributed by atoms with van der Waals surface area (Å²) >= 11 is 0. The summed E-state index contributed by atoms with van der Waals surface area (Å²) in [5.74, 6) is -0.342. The van der Waals surface area contributed by atoms with Crippen LogP contribution in [0.2, 0.25) is 0 Å². The molecule has 0 aromatic heterocycles. The van der Waals surface area contributed by atoms with Gasteiger partial charge in [0.15, 0.2) is 6.29 Å². The van der Waals surface area contributed by atoms with Gasteiger partial charge in [-0.05, 0) is 96.3 Å². The van der Waals surface area contributed by atoms with E-state index in [1.54, 1.807) is 0 Å². The average molecular weight is 923 g/mol. The highest BCUT2D eigenvalue weighted by molar-refractivity contribution is 5.69. The quantitative estimate of drug-likeness (QED) is 0.0268. The van der Waals surface area contributed by atoms with Crippen molar-refractivity contribution in [2.24, 2.45) is 0 Å². The first-order valence-electron chi connectivity index (χ1n) is 26.0.